The molecule has 138 valence electrons. The van der Waals surface area contributed by atoms with Gasteiger partial charge in [0.05, 0.1) is 13.4 Å². The number of allylic oxidation sites excluding steroid dienone is 1. The highest BCUT2D eigenvalue weighted by Gasteiger charge is 2.12. The lowest BCUT2D eigenvalue weighted by Gasteiger charge is -2.10. The van der Waals surface area contributed by atoms with Gasteiger partial charge in [-0.1, -0.05) is 0 Å². The third-order valence-corrected chi connectivity index (χ3v) is 4.42. The molecular formula is C22H21NO4. The average Bonchev–Trinajstić information content (AvgIpc) is 3.01. The van der Waals surface area contributed by atoms with Gasteiger partial charge in [-0.2, -0.15) is 0 Å². The van der Waals surface area contributed by atoms with Crippen LogP contribution in [0.5, 0.6) is 5.75 Å². The van der Waals surface area contributed by atoms with Crippen molar-refractivity contribution in [1.82, 2.24) is 0 Å². The van der Waals surface area contributed by atoms with E-state index in [9.17, 15) is 9.59 Å². The van der Waals surface area contributed by atoms with E-state index in [2.05, 4.69) is 5.32 Å². The fourth-order valence-electron chi connectivity index (χ4n) is 2.90. The van der Waals surface area contributed by atoms with Gasteiger partial charge in [0.1, 0.15) is 11.3 Å². The molecule has 5 nitrogen and oxygen atoms in total. The lowest BCUT2D eigenvalue weighted by molar-refractivity contribution is -0.111. The summed E-state index contributed by atoms with van der Waals surface area (Å²) in [4.78, 5) is 23.7. The van der Waals surface area contributed by atoms with Crippen molar-refractivity contribution in [3.8, 4) is 5.75 Å². The number of anilines is 1. The van der Waals surface area contributed by atoms with Crippen LogP contribution in [0.15, 0.2) is 53.2 Å². The van der Waals surface area contributed by atoms with Crippen LogP contribution >= 0.6 is 0 Å². The second kappa shape index (κ2) is 7.50. The molecule has 1 amide bonds. The van der Waals surface area contributed by atoms with Crippen molar-refractivity contribution in [1.29, 1.82) is 0 Å². The Morgan fingerprint density at radius 3 is 2.44 bits per heavy atom. The van der Waals surface area contributed by atoms with Crippen LogP contribution in [0.3, 0.4) is 0 Å². The van der Waals surface area contributed by atoms with E-state index in [0.717, 1.165) is 27.7 Å². The van der Waals surface area contributed by atoms with Crippen LogP contribution in [0.4, 0.5) is 5.69 Å². The molecule has 5 heteroatoms. The van der Waals surface area contributed by atoms with E-state index in [1.165, 1.54) is 13.0 Å². The quantitative estimate of drug-likeness (QED) is 0.512. The van der Waals surface area contributed by atoms with Crippen molar-refractivity contribution in [3.63, 3.8) is 0 Å². The van der Waals surface area contributed by atoms with Gasteiger partial charge in [0.2, 0.25) is 5.91 Å². The van der Waals surface area contributed by atoms with Gasteiger partial charge in [-0.05, 0) is 62.2 Å². The molecule has 0 saturated carbocycles. The Morgan fingerprint density at radius 1 is 1.11 bits per heavy atom. The second-order valence-electron chi connectivity index (χ2n) is 6.42. The van der Waals surface area contributed by atoms with Crippen molar-refractivity contribution in [2.75, 3.05) is 12.4 Å². The number of nitrogens with one attached hydrogen (secondary N) is 1. The van der Waals surface area contributed by atoms with E-state index in [1.54, 1.807) is 37.6 Å². The number of ether oxygens (including phenoxy) is 1. The molecule has 0 aliphatic carbocycles. The molecule has 1 heterocycles. The smallest absolute Gasteiger partial charge is 0.248 e. The number of carbonyl (C=O) groups excluding carboxylic acids is 2. The van der Waals surface area contributed by atoms with Crippen LogP contribution in [0.2, 0.25) is 0 Å². The molecule has 0 unspecified atom stereocenters. The van der Waals surface area contributed by atoms with Gasteiger partial charge >= 0.3 is 0 Å². The summed E-state index contributed by atoms with van der Waals surface area (Å²) in [5, 5.41) is 3.79. The van der Waals surface area contributed by atoms with Gasteiger partial charge in [-0.3, -0.25) is 9.59 Å². The molecule has 27 heavy (non-hydrogen) atoms. The first-order valence-electron chi connectivity index (χ1n) is 8.55. The number of fused-ring (bicyclic) bond motifs is 1. The van der Waals surface area contributed by atoms with Crippen LogP contribution in [-0.4, -0.2) is 18.8 Å². The average molecular weight is 363 g/mol. The van der Waals surface area contributed by atoms with Gasteiger partial charge in [0.15, 0.2) is 5.78 Å². The van der Waals surface area contributed by atoms with Gasteiger partial charge < -0.3 is 14.5 Å². The molecule has 2 aromatic carbocycles. The molecule has 0 atom stereocenters. The fraction of sp³-hybridized carbons (Fsp3) is 0.182. The zero-order valence-electron chi connectivity index (χ0n) is 15.8. The normalized spacial score (nSPS) is 11.5. The van der Waals surface area contributed by atoms with E-state index in [-0.39, 0.29) is 11.7 Å². The number of methoxy groups -OCH3 is 1. The summed E-state index contributed by atoms with van der Waals surface area (Å²) in [7, 11) is 1.59. The summed E-state index contributed by atoms with van der Waals surface area (Å²) in [6, 6.07) is 10.6. The fourth-order valence-corrected chi connectivity index (χ4v) is 2.90. The third kappa shape index (κ3) is 3.92. The van der Waals surface area contributed by atoms with Gasteiger partial charge in [0.25, 0.3) is 0 Å². The molecule has 0 aliphatic heterocycles. The largest absolute Gasteiger partial charge is 0.496 e. The maximum absolute atomic E-state index is 12.4. The number of benzene rings is 2. The van der Waals surface area contributed by atoms with Gasteiger partial charge in [-0.15, -0.1) is 0 Å². The lowest BCUT2D eigenvalue weighted by Crippen LogP contribution is -2.09. The maximum atomic E-state index is 12.4. The molecule has 0 bridgehead atoms. The molecule has 0 spiro atoms. The van der Waals surface area contributed by atoms with Crippen molar-refractivity contribution >= 4 is 33.9 Å². The molecule has 0 radical (unpaired) electrons. The first kappa shape index (κ1) is 18.5. The molecule has 0 aliphatic rings. The third-order valence-electron chi connectivity index (χ3n) is 4.42. The van der Waals surface area contributed by atoms with Crippen LogP contribution in [0.1, 0.15) is 35.3 Å². The highest BCUT2D eigenvalue weighted by Crippen LogP contribution is 2.33. The van der Waals surface area contributed by atoms with Crippen LogP contribution in [0.25, 0.3) is 16.5 Å². The van der Waals surface area contributed by atoms with Crippen molar-refractivity contribution in [2.24, 2.45) is 0 Å². The highest BCUT2D eigenvalue weighted by molar-refractivity contribution is 6.05. The Labute approximate surface area is 157 Å². The molecule has 1 aromatic heterocycles. The number of rotatable bonds is 5. The summed E-state index contributed by atoms with van der Waals surface area (Å²) in [6.07, 6.45) is 3.22. The van der Waals surface area contributed by atoms with E-state index < -0.39 is 0 Å². The van der Waals surface area contributed by atoms with Crippen LogP contribution < -0.4 is 10.1 Å². The minimum Gasteiger partial charge on any atom is -0.496 e. The molecule has 3 rings (SSSR count). The predicted molar refractivity (Wildman–Crippen MR) is 106 cm³/mol. The van der Waals surface area contributed by atoms with E-state index in [1.807, 2.05) is 26.0 Å². The predicted octanol–water partition coefficient (Wildman–Crippen LogP) is 4.99. The number of amides is 1. The summed E-state index contributed by atoms with van der Waals surface area (Å²) >= 11 is 0. The maximum Gasteiger partial charge on any atom is 0.248 e. The minimum absolute atomic E-state index is 0.0133. The summed E-state index contributed by atoms with van der Waals surface area (Å²) < 4.78 is 11.0. The Bertz CT molecular complexity index is 1040. The first-order chi connectivity index (χ1) is 12.9. The molecular weight excluding hydrogens is 342 g/mol. The number of hydrogen-bond donors (Lipinski definition) is 1. The lowest BCUT2D eigenvalue weighted by atomic mass is 10.0. The van der Waals surface area contributed by atoms with Crippen LogP contribution in [-0.2, 0) is 4.79 Å². The zero-order chi connectivity index (χ0) is 19.6. The standard InChI is InChI=1S/C22H21NO4/c1-13(9-22(25)23-17-7-5-16(6-8-17)15(3)24)18-10-19-14(2)12-27-21(19)11-20(18)26-4/h5-12H,1-4H3,(H,23,25)/b13-9+. The van der Waals surface area contributed by atoms with E-state index in [0.29, 0.717) is 17.0 Å². The number of Topliss-reactive ketones (excluding diaryl/α,β-unsaturated/α-hetero) is 1. The number of carbonyl (C=O) groups is 2. The Morgan fingerprint density at radius 2 is 1.81 bits per heavy atom. The van der Waals surface area contributed by atoms with Crippen molar-refractivity contribution in [2.45, 2.75) is 20.8 Å². The van der Waals surface area contributed by atoms with E-state index >= 15 is 0 Å². The molecule has 1 N–H and O–H groups in total. The number of furan rings is 1. The topological polar surface area (TPSA) is 68.5 Å². The monoisotopic (exact) mass is 363 g/mol. The number of hydrogen-bond acceptors (Lipinski definition) is 4. The Balaban J connectivity index is 1.85. The van der Waals surface area contributed by atoms with Crippen molar-refractivity contribution < 1.29 is 18.7 Å². The zero-order valence-corrected chi connectivity index (χ0v) is 15.8. The molecule has 3 aromatic rings. The van der Waals surface area contributed by atoms with Crippen molar-refractivity contribution in [3.05, 3.63) is 65.4 Å². The Hall–Kier alpha value is -3.34. The molecule has 0 fully saturated rings. The van der Waals surface area contributed by atoms with Crippen LogP contribution in [0, 0.1) is 6.92 Å². The Kier molecular flexibility index (Phi) is 5.12. The first-order valence-corrected chi connectivity index (χ1v) is 8.55. The minimum atomic E-state index is -0.255. The second-order valence-corrected chi connectivity index (χ2v) is 6.42. The summed E-state index contributed by atoms with van der Waals surface area (Å²) in [5.41, 5.74) is 4.60. The van der Waals surface area contributed by atoms with Gasteiger partial charge in [0, 0.05) is 34.3 Å². The summed E-state index contributed by atoms with van der Waals surface area (Å²) in [5.74, 6) is 0.374. The summed E-state index contributed by atoms with van der Waals surface area (Å²) in [6.45, 7) is 5.34. The number of ketones is 1. The highest BCUT2D eigenvalue weighted by atomic mass is 16.5. The van der Waals surface area contributed by atoms with E-state index in [4.69, 9.17) is 9.15 Å². The van der Waals surface area contributed by atoms with Gasteiger partial charge in [-0.25, -0.2) is 0 Å². The molecule has 0 saturated heterocycles. The number of aryl methyl sites for hydroxylation is 1. The SMILES string of the molecule is COc1cc2occ(C)c2cc1/C(C)=C/C(=O)Nc1ccc(C(C)=O)cc1.